The molecule has 6 heteroatoms. The summed E-state index contributed by atoms with van der Waals surface area (Å²) in [4.78, 5) is 15.0. The van der Waals surface area contributed by atoms with E-state index in [9.17, 15) is 10.1 Å². The summed E-state index contributed by atoms with van der Waals surface area (Å²) in [6, 6.07) is 8.70. The molecule has 0 aliphatic heterocycles. The van der Waals surface area contributed by atoms with Crippen molar-refractivity contribution in [1.29, 1.82) is 0 Å². The number of hydrogen-bond acceptors (Lipinski definition) is 4. The van der Waals surface area contributed by atoms with E-state index in [2.05, 4.69) is 10.1 Å². The van der Waals surface area contributed by atoms with Crippen molar-refractivity contribution < 1.29 is 4.92 Å². The van der Waals surface area contributed by atoms with Gasteiger partial charge in [0.1, 0.15) is 0 Å². The normalized spacial score (nSPS) is 11.4. The van der Waals surface area contributed by atoms with E-state index in [1.54, 1.807) is 35.2 Å². The molecular formula is C14H8N4O2. The lowest BCUT2D eigenvalue weighted by Gasteiger charge is -2.07. The van der Waals surface area contributed by atoms with Crippen LogP contribution < -0.4 is 0 Å². The van der Waals surface area contributed by atoms with Gasteiger partial charge in [0.2, 0.25) is 0 Å². The molecule has 96 valence electrons. The molecule has 0 fully saturated rings. The molecule has 4 aromatic rings. The van der Waals surface area contributed by atoms with Crippen LogP contribution in [0.15, 0.2) is 48.9 Å². The van der Waals surface area contributed by atoms with Crippen molar-refractivity contribution in [3.63, 3.8) is 0 Å². The van der Waals surface area contributed by atoms with Crippen molar-refractivity contribution in [1.82, 2.24) is 14.6 Å². The fourth-order valence-electron chi connectivity index (χ4n) is 2.65. The van der Waals surface area contributed by atoms with Crippen LogP contribution in [-0.2, 0) is 0 Å². The summed E-state index contributed by atoms with van der Waals surface area (Å²) in [7, 11) is 0. The Kier molecular flexibility index (Phi) is 2.03. The topological polar surface area (TPSA) is 73.3 Å². The van der Waals surface area contributed by atoms with E-state index in [4.69, 9.17) is 0 Å². The van der Waals surface area contributed by atoms with E-state index >= 15 is 0 Å². The lowest BCUT2D eigenvalue weighted by molar-refractivity contribution is -0.383. The van der Waals surface area contributed by atoms with Gasteiger partial charge >= 0.3 is 0 Å². The molecule has 0 aliphatic rings. The molecule has 0 bridgehead atoms. The largest absolute Gasteiger partial charge is 0.279 e. The number of nitrogens with zero attached hydrogens (tertiary/aromatic N) is 4. The standard InChI is InChI=1S/C14H8N4O2/c19-18(20)13-3-1-2-12-14(13)9-4-6-15-8-10(9)11-5-7-16-17(11)12/h1-8H. The summed E-state index contributed by atoms with van der Waals surface area (Å²) in [6.45, 7) is 0. The smallest absolute Gasteiger partial charge is 0.264 e. The minimum atomic E-state index is -0.364. The summed E-state index contributed by atoms with van der Waals surface area (Å²) in [5.74, 6) is 0. The minimum absolute atomic E-state index is 0.0797. The molecule has 0 spiro atoms. The van der Waals surface area contributed by atoms with Crippen molar-refractivity contribution in [2.45, 2.75) is 0 Å². The molecule has 3 heterocycles. The fourth-order valence-corrected chi connectivity index (χ4v) is 2.65. The highest BCUT2D eigenvalue weighted by atomic mass is 16.6. The Morgan fingerprint density at radius 1 is 1.05 bits per heavy atom. The van der Waals surface area contributed by atoms with Gasteiger partial charge in [-0.1, -0.05) is 6.07 Å². The van der Waals surface area contributed by atoms with Gasteiger partial charge in [-0.25, -0.2) is 4.52 Å². The highest BCUT2D eigenvalue weighted by Gasteiger charge is 2.17. The van der Waals surface area contributed by atoms with Gasteiger partial charge in [0.05, 0.1) is 27.5 Å². The molecule has 0 radical (unpaired) electrons. The second-order valence-electron chi connectivity index (χ2n) is 4.48. The van der Waals surface area contributed by atoms with Gasteiger partial charge in [-0.3, -0.25) is 15.1 Å². The second-order valence-corrected chi connectivity index (χ2v) is 4.48. The molecule has 3 aromatic heterocycles. The molecule has 6 nitrogen and oxygen atoms in total. The summed E-state index contributed by atoms with van der Waals surface area (Å²) in [5, 5.41) is 17.8. The van der Waals surface area contributed by atoms with Gasteiger partial charge in [0.25, 0.3) is 5.69 Å². The molecular weight excluding hydrogens is 256 g/mol. The highest BCUT2D eigenvalue weighted by molar-refractivity contribution is 6.15. The maximum atomic E-state index is 11.3. The van der Waals surface area contributed by atoms with Crippen molar-refractivity contribution in [2.24, 2.45) is 0 Å². The molecule has 0 saturated heterocycles. The van der Waals surface area contributed by atoms with Gasteiger partial charge in [-0.15, -0.1) is 0 Å². The average molecular weight is 264 g/mol. The van der Waals surface area contributed by atoms with Crippen LogP contribution in [0.4, 0.5) is 5.69 Å². The Labute approximate surface area is 112 Å². The monoisotopic (exact) mass is 264 g/mol. The molecule has 0 atom stereocenters. The van der Waals surface area contributed by atoms with Crippen LogP contribution in [-0.4, -0.2) is 19.5 Å². The number of nitro groups is 1. The van der Waals surface area contributed by atoms with E-state index in [0.29, 0.717) is 5.39 Å². The first-order valence-electron chi connectivity index (χ1n) is 6.04. The zero-order valence-electron chi connectivity index (χ0n) is 10.2. The van der Waals surface area contributed by atoms with Crippen LogP contribution in [0.5, 0.6) is 0 Å². The summed E-state index contributed by atoms with van der Waals surface area (Å²) in [6.07, 6.45) is 5.04. The van der Waals surface area contributed by atoms with Gasteiger partial charge < -0.3 is 0 Å². The van der Waals surface area contributed by atoms with Gasteiger partial charge in [-0.05, 0) is 18.2 Å². The van der Waals surface area contributed by atoms with Crippen molar-refractivity contribution in [2.75, 3.05) is 0 Å². The van der Waals surface area contributed by atoms with E-state index in [1.807, 2.05) is 12.1 Å². The maximum absolute atomic E-state index is 11.3. The van der Waals surface area contributed by atoms with Crippen LogP contribution in [0.2, 0.25) is 0 Å². The molecule has 0 amide bonds. The molecule has 1 aromatic carbocycles. The van der Waals surface area contributed by atoms with Crippen LogP contribution in [0.1, 0.15) is 0 Å². The lowest BCUT2D eigenvalue weighted by Crippen LogP contribution is -1.96. The third kappa shape index (κ3) is 1.27. The number of fused-ring (bicyclic) bond motifs is 6. The predicted octanol–water partition coefficient (Wildman–Crippen LogP) is 2.94. The molecule has 0 aliphatic carbocycles. The van der Waals surface area contributed by atoms with Crippen molar-refractivity contribution in [3.05, 3.63) is 59.0 Å². The predicted molar refractivity (Wildman–Crippen MR) is 74.7 cm³/mol. The number of non-ortho nitro benzene ring substituents is 1. The number of benzene rings is 1. The average Bonchev–Trinajstić information content (AvgIpc) is 2.96. The molecule has 0 N–H and O–H groups in total. The third-order valence-electron chi connectivity index (χ3n) is 3.45. The van der Waals surface area contributed by atoms with Gasteiger partial charge in [0, 0.05) is 29.2 Å². The van der Waals surface area contributed by atoms with E-state index in [-0.39, 0.29) is 10.6 Å². The number of nitro benzene ring substituents is 1. The zero-order valence-corrected chi connectivity index (χ0v) is 10.2. The van der Waals surface area contributed by atoms with E-state index < -0.39 is 0 Å². The molecule has 0 saturated carbocycles. The number of aromatic nitrogens is 3. The molecule has 4 rings (SSSR count). The summed E-state index contributed by atoms with van der Waals surface area (Å²) >= 11 is 0. The van der Waals surface area contributed by atoms with Crippen molar-refractivity contribution in [3.8, 4) is 0 Å². The van der Waals surface area contributed by atoms with Crippen LogP contribution in [0.25, 0.3) is 27.2 Å². The SMILES string of the molecule is O=[N+]([O-])c1cccc2c1c1ccncc1c1ccnn12. The fraction of sp³-hybridized carbons (Fsp3) is 0. The molecule has 20 heavy (non-hydrogen) atoms. The maximum Gasteiger partial charge on any atom is 0.279 e. The Balaban J connectivity index is 2.43. The Morgan fingerprint density at radius 3 is 2.80 bits per heavy atom. The van der Waals surface area contributed by atoms with Crippen LogP contribution in [0.3, 0.4) is 0 Å². The quantitative estimate of drug-likeness (QED) is 0.301. The zero-order chi connectivity index (χ0) is 13.7. The van der Waals surface area contributed by atoms with E-state index in [0.717, 1.165) is 21.8 Å². The van der Waals surface area contributed by atoms with Gasteiger partial charge in [-0.2, -0.15) is 5.10 Å². The van der Waals surface area contributed by atoms with Crippen molar-refractivity contribution >= 4 is 32.9 Å². The summed E-state index contributed by atoms with van der Waals surface area (Å²) < 4.78 is 1.71. The Morgan fingerprint density at radius 2 is 1.95 bits per heavy atom. The third-order valence-corrected chi connectivity index (χ3v) is 3.45. The minimum Gasteiger partial charge on any atom is -0.264 e. The second kappa shape index (κ2) is 3.74. The van der Waals surface area contributed by atoms with Crippen LogP contribution in [0, 0.1) is 10.1 Å². The van der Waals surface area contributed by atoms with Gasteiger partial charge in [0.15, 0.2) is 0 Å². The number of rotatable bonds is 1. The first-order chi connectivity index (χ1) is 9.77. The Hall–Kier alpha value is -3.02. The van der Waals surface area contributed by atoms with Crippen LogP contribution >= 0.6 is 0 Å². The van der Waals surface area contributed by atoms with E-state index in [1.165, 1.54) is 6.07 Å². The number of hydrogen-bond donors (Lipinski definition) is 0. The summed E-state index contributed by atoms with van der Waals surface area (Å²) in [5.41, 5.74) is 1.69. The first kappa shape index (κ1) is 10.9. The lowest BCUT2D eigenvalue weighted by atomic mass is 10.1. The number of pyridine rings is 2. The first-order valence-corrected chi connectivity index (χ1v) is 6.04. The highest BCUT2D eigenvalue weighted by Crippen LogP contribution is 2.34. The Bertz CT molecular complexity index is 990. The molecule has 0 unspecified atom stereocenters.